The third kappa shape index (κ3) is 4.10. The van der Waals surface area contributed by atoms with Crippen LogP contribution in [-0.2, 0) is 0 Å². The molecule has 3 aromatic rings. The summed E-state index contributed by atoms with van der Waals surface area (Å²) < 4.78 is 12.5. The van der Waals surface area contributed by atoms with Crippen molar-refractivity contribution in [3.63, 3.8) is 0 Å². The highest BCUT2D eigenvalue weighted by Gasteiger charge is 2.52. The van der Waals surface area contributed by atoms with Crippen molar-refractivity contribution in [2.75, 3.05) is 7.11 Å². The zero-order chi connectivity index (χ0) is 21.1. The van der Waals surface area contributed by atoms with Gasteiger partial charge < -0.3 is 19.2 Å². The Morgan fingerprint density at radius 3 is 1.69 bits per heavy atom. The van der Waals surface area contributed by atoms with Crippen molar-refractivity contribution in [3.8, 4) is 11.5 Å². The van der Waals surface area contributed by atoms with Crippen molar-refractivity contribution in [2.45, 2.75) is 25.8 Å². The molecule has 0 atom stereocenters. The van der Waals surface area contributed by atoms with Crippen LogP contribution in [0.3, 0.4) is 0 Å². The van der Waals surface area contributed by atoms with Gasteiger partial charge in [0, 0.05) is 0 Å². The van der Waals surface area contributed by atoms with Gasteiger partial charge in [0.2, 0.25) is 0 Å². The summed E-state index contributed by atoms with van der Waals surface area (Å²) in [6, 6.07) is 25.6. The van der Waals surface area contributed by atoms with Crippen molar-refractivity contribution in [1.29, 1.82) is 0 Å². The van der Waals surface area contributed by atoms with Gasteiger partial charge in [0.25, 0.3) is 0 Å². The maximum Gasteiger partial charge on any atom is 0.488 e. The molecule has 0 saturated carbocycles. The molecule has 0 radical (unpaired) electrons. The van der Waals surface area contributed by atoms with Crippen LogP contribution in [0.2, 0.25) is 5.04 Å². The predicted octanol–water partition coefficient (Wildman–Crippen LogP) is 2.31. The predicted molar refractivity (Wildman–Crippen MR) is 121 cm³/mol. The zero-order valence-corrected chi connectivity index (χ0v) is 18.3. The van der Waals surface area contributed by atoms with Crippen molar-refractivity contribution < 1.29 is 19.2 Å². The summed E-state index contributed by atoms with van der Waals surface area (Å²) >= 11 is 0. The highest BCUT2D eigenvalue weighted by Crippen LogP contribution is 2.39. The van der Waals surface area contributed by atoms with E-state index in [0.717, 1.165) is 10.4 Å². The summed E-state index contributed by atoms with van der Waals surface area (Å²) in [5.74, 6) is 1.06. The second kappa shape index (κ2) is 8.45. The van der Waals surface area contributed by atoms with Gasteiger partial charge in [-0.05, 0) is 33.0 Å². The summed E-state index contributed by atoms with van der Waals surface area (Å²) in [7, 11) is -2.83. The van der Waals surface area contributed by atoms with E-state index < -0.39 is 15.4 Å². The third-order valence-electron chi connectivity index (χ3n) is 5.17. The monoisotopic (exact) mass is 406 g/mol. The molecule has 2 N–H and O–H groups in total. The van der Waals surface area contributed by atoms with E-state index in [9.17, 15) is 10.0 Å². The highest BCUT2D eigenvalue weighted by atomic mass is 28.4. The molecule has 6 heteroatoms. The van der Waals surface area contributed by atoms with Crippen LogP contribution in [0.15, 0.2) is 78.9 Å². The fraction of sp³-hybridized carbons (Fsp3) is 0.217. The molecular weight excluding hydrogens is 379 g/mol. The lowest BCUT2D eigenvalue weighted by atomic mass is 9.80. The molecule has 0 aliphatic heterocycles. The first kappa shape index (κ1) is 21.2. The first-order valence-corrected chi connectivity index (χ1v) is 11.5. The number of ether oxygens (including phenoxy) is 1. The molecule has 0 amide bonds. The molecule has 0 aromatic heterocycles. The molecule has 0 saturated heterocycles. The van der Waals surface area contributed by atoms with Crippen molar-refractivity contribution >= 4 is 31.3 Å². The molecule has 0 bridgehead atoms. The van der Waals surface area contributed by atoms with Crippen LogP contribution in [0.1, 0.15) is 20.8 Å². The van der Waals surface area contributed by atoms with Crippen molar-refractivity contribution in [3.05, 3.63) is 78.9 Å². The Kier molecular flexibility index (Phi) is 6.17. The zero-order valence-electron chi connectivity index (χ0n) is 17.3. The van der Waals surface area contributed by atoms with Gasteiger partial charge in [-0.2, -0.15) is 0 Å². The average molecular weight is 406 g/mol. The number of benzene rings is 3. The summed E-state index contributed by atoms with van der Waals surface area (Å²) in [6.07, 6.45) is 0. The standard InChI is InChI=1S/C23H27BO4Si/c1-23(2,3)29(19-11-7-5-8-12-19,20-13-9-6-10-14-20)28-22-17-18(24(25)26)15-16-21(22)27-4/h5-17,25-26H,1-4H3. The molecule has 0 unspecified atom stereocenters. The minimum atomic E-state index is -2.84. The fourth-order valence-corrected chi connectivity index (χ4v) is 8.17. The number of hydrogen-bond acceptors (Lipinski definition) is 4. The minimum Gasteiger partial charge on any atom is -0.531 e. The van der Waals surface area contributed by atoms with Gasteiger partial charge in [0.05, 0.1) is 7.11 Å². The minimum absolute atomic E-state index is 0.214. The lowest BCUT2D eigenvalue weighted by molar-refractivity contribution is 0.388. The SMILES string of the molecule is COc1ccc(B(O)O)cc1O[Si](c1ccccc1)(c1ccccc1)C(C)(C)C. The quantitative estimate of drug-likeness (QED) is 0.617. The van der Waals surface area contributed by atoms with Crippen LogP contribution >= 0.6 is 0 Å². The van der Waals surface area contributed by atoms with Crippen LogP contribution < -0.4 is 25.0 Å². The van der Waals surface area contributed by atoms with E-state index in [0.29, 0.717) is 17.0 Å². The Bertz CT molecular complexity index is 901. The van der Waals surface area contributed by atoms with Gasteiger partial charge in [-0.1, -0.05) is 87.5 Å². The molecule has 4 nitrogen and oxygen atoms in total. The van der Waals surface area contributed by atoms with Crippen LogP contribution in [0.5, 0.6) is 11.5 Å². The van der Waals surface area contributed by atoms with E-state index in [-0.39, 0.29) is 5.04 Å². The van der Waals surface area contributed by atoms with Crippen LogP contribution in [-0.4, -0.2) is 32.6 Å². The maximum atomic E-state index is 9.67. The maximum absolute atomic E-state index is 9.67. The lowest BCUT2D eigenvalue weighted by Gasteiger charge is -2.43. The van der Waals surface area contributed by atoms with E-state index in [4.69, 9.17) is 9.16 Å². The second-order valence-electron chi connectivity index (χ2n) is 8.05. The van der Waals surface area contributed by atoms with Gasteiger partial charge in [0.15, 0.2) is 5.75 Å². The van der Waals surface area contributed by atoms with E-state index in [1.54, 1.807) is 25.3 Å². The van der Waals surface area contributed by atoms with Gasteiger partial charge in [0.1, 0.15) is 5.75 Å². The summed E-state index contributed by atoms with van der Waals surface area (Å²) in [6.45, 7) is 6.57. The Labute approximate surface area is 174 Å². The molecule has 0 aliphatic rings. The Morgan fingerprint density at radius 1 is 0.759 bits per heavy atom. The number of rotatable bonds is 6. The average Bonchev–Trinajstić information content (AvgIpc) is 2.72. The number of hydrogen-bond donors (Lipinski definition) is 2. The molecule has 3 rings (SSSR count). The van der Waals surface area contributed by atoms with Gasteiger partial charge in [-0.25, -0.2) is 0 Å². The van der Waals surface area contributed by atoms with E-state index in [1.165, 1.54) is 0 Å². The second-order valence-corrected chi connectivity index (χ2v) is 12.3. The molecule has 0 spiro atoms. The molecule has 29 heavy (non-hydrogen) atoms. The summed E-state index contributed by atoms with van der Waals surface area (Å²) in [4.78, 5) is 0. The normalized spacial score (nSPS) is 11.8. The summed E-state index contributed by atoms with van der Waals surface area (Å²) in [5, 5.41) is 21.4. The van der Waals surface area contributed by atoms with Crippen molar-refractivity contribution in [1.82, 2.24) is 0 Å². The molecule has 0 aliphatic carbocycles. The van der Waals surface area contributed by atoms with Crippen LogP contribution in [0, 0.1) is 0 Å². The van der Waals surface area contributed by atoms with Gasteiger partial charge >= 0.3 is 15.4 Å². The first-order valence-electron chi connectivity index (χ1n) is 9.64. The van der Waals surface area contributed by atoms with Gasteiger partial charge in [-0.15, -0.1) is 0 Å². The topological polar surface area (TPSA) is 58.9 Å². The smallest absolute Gasteiger partial charge is 0.488 e. The Balaban J connectivity index is 2.29. The number of methoxy groups -OCH3 is 1. The third-order valence-corrected chi connectivity index (χ3v) is 10.1. The molecule has 0 fully saturated rings. The van der Waals surface area contributed by atoms with Crippen molar-refractivity contribution in [2.24, 2.45) is 0 Å². The summed E-state index contributed by atoms with van der Waals surface area (Å²) in [5.41, 5.74) is 0.360. The van der Waals surface area contributed by atoms with Gasteiger partial charge in [-0.3, -0.25) is 0 Å². The highest BCUT2D eigenvalue weighted by molar-refractivity contribution is 7.00. The largest absolute Gasteiger partial charge is 0.531 e. The molecule has 3 aromatic carbocycles. The van der Waals surface area contributed by atoms with E-state index >= 15 is 0 Å². The Morgan fingerprint density at radius 2 is 1.28 bits per heavy atom. The van der Waals surface area contributed by atoms with E-state index in [1.807, 2.05) is 36.4 Å². The van der Waals surface area contributed by atoms with Crippen LogP contribution in [0.4, 0.5) is 0 Å². The Hall–Kier alpha value is -2.54. The van der Waals surface area contributed by atoms with Crippen LogP contribution in [0.25, 0.3) is 0 Å². The first-order chi connectivity index (χ1) is 13.8. The van der Waals surface area contributed by atoms with E-state index in [2.05, 4.69) is 45.0 Å². The molecule has 150 valence electrons. The fourth-order valence-electron chi connectivity index (χ4n) is 3.75. The molecular formula is C23H27BO4Si. The lowest BCUT2D eigenvalue weighted by Crippen LogP contribution is -2.68. The molecule has 0 heterocycles.